The van der Waals surface area contributed by atoms with Gasteiger partial charge in [0.15, 0.2) is 5.58 Å². The van der Waals surface area contributed by atoms with Crippen LogP contribution in [0.2, 0.25) is 0 Å². The van der Waals surface area contributed by atoms with Crippen molar-refractivity contribution >= 4 is 16.8 Å². The molecule has 0 atom stereocenters. The van der Waals surface area contributed by atoms with E-state index >= 15 is 0 Å². The van der Waals surface area contributed by atoms with Gasteiger partial charge in [-0.15, -0.1) is 0 Å². The van der Waals surface area contributed by atoms with Gasteiger partial charge in [0.1, 0.15) is 11.3 Å². The minimum Gasteiger partial charge on any atom is -0.454 e. The average molecular weight is 279 g/mol. The summed E-state index contributed by atoms with van der Waals surface area (Å²) in [6, 6.07) is 14.4. The first kappa shape index (κ1) is 12.4. The summed E-state index contributed by atoms with van der Waals surface area (Å²) in [6.07, 6.45) is 1.79. The molecule has 0 aliphatic carbocycles. The van der Waals surface area contributed by atoms with Crippen molar-refractivity contribution < 1.29 is 4.42 Å². The lowest BCUT2D eigenvalue weighted by atomic mass is 10.1. The van der Waals surface area contributed by atoms with E-state index in [2.05, 4.69) is 39.5 Å². The van der Waals surface area contributed by atoms with Gasteiger partial charge in [0.2, 0.25) is 0 Å². The van der Waals surface area contributed by atoms with E-state index in [1.54, 1.807) is 6.20 Å². The van der Waals surface area contributed by atoms with Crippen LogP contribution in [-0.2, 0) is 0 Å². The molecule has 3 aromatic rings. The normalized spacial score (nSPS) is 15.5. The average Bonchev–Trinajstić information content (AvgIpc) is 3.00. The van der Waals surface area contributed by atoms with Crippen LogP contribution in [0.5, 0.6) is 0 Å². The Morgan fingerprint density at radius 3 is 2.62 bits per heavy atom. The molecule has 4 heteroatoms. The summed E-state index contributed by atoms with van der Waals surface area (Å²) in [5, 5.41) is 3.37. The van der Waals surface area contributed by atoms with Crippen LogP contribution in [-0.4, -0.2) is 31.2 Å². The van der Waals surface area contributed by atoms with Gasteiger partial charge in [0, 0.05) is 49.7 Å². The van der Waals surface area contributed by atoms with Crippen LogP contribution in [0.25, 0.3) is 22.4 Å². The lowest BCUT2D eigenvalue weighted by molar-refractivity contribution is 0.589. The number of pyridine rings is 1. The highest BCUT2D eigenvalue weighted by molar-refractivity contribution is 5.79. The maximum atomic E-state index is 5.85. The Labute approximate surface area is 123 Å². The van der Waals surface area contributed by atoms with Crippen LogP contribution in [0.1, 0.15) is 0 Å². The second-order valence-electron chi connectivity index (χ2n) is 5.28. The number of hydrogen-bond donors (Lipinski definition) is 1. The largest absolute Gasteiger partial charge is 0.454 e. The SMILES string of the molecule is c1cnc2cc(-c3ccc(N4CCNCC4)cc3)oc2c1. The molecular formula is C17H17N3O. The van der Waals surface area contributed by atoms with Crippen molar-refractivity contribution in [2.75, 3.05) is 31.1 Å². The first-order valence-electron chi connectivity index (χ1n) is 7.31. The Morgan fingerprint density at radius 1 is 1.05 bits per heavy atom. The van der Waals surface area contributed by atoms with Crippen LogP contribution >= 0.6 is 0 Å². The Bertz CT molecular complexity index is 709. The van der Waals surface area contributed by atoms with Gasteiger partial charge >= 0.3 is 0 Å². The first-order chi connectivity index (χ1) is 10.4. The Morgan fingerprint density at radius 2 is 1.86 bits per heavy atom. The number of rotatable bonds is 2. The van der Waals surface area contributed by atoms with E-state index in [4.69, 9.17) is 4.42 Å². The van der Waals surface area contributed by atoms with E-state index in [-0.39, 0.29) is 0 Å². The molecule has 0 amide bonds. The third-order valence-corrected chi connectivity index (χ3v) is 3.92. The number of benzene rings is 1. The molecule has 0 saturated carbocycles. The minimum atomic E-state index is 0.832. The molecule has 1 aliphatic rings. The highest BCUT2D eigenvalue weighted by Crippen LogP contribution is 2.28. The summed E-state index contributed by atoms with van der Waals surface area (Å²) >= 11 is 0. The molecule has 1 N–H and O–H groups in total. The molecule has 1 aromatic carbocycles. The Kier molecular flexibility index (Phi) is 3.09. The number of fused-ring (bicyclic) bond motifs is 1. The maximum Gasteiger partial charge on any atom is 0.153 e. The fraction of sp³-hybridized carbons (Fsp3) is 0.235. The first-order valence-corrected chi connectivity index (χ1v) is 7.31. The molecule has 106 valence electrons. The van der Waals surface area contributed by atoms with Crippen LogP contribution < -0.4 is 10.2 Å². The van der Waals surface area contributed by atoms with Crippen molar-refractivity contribution in [3.63, 3.8) is 0 Å². The predicted octanol–water partition coefficient (Wildman–Crippen LogP) is 2.90. The van der Waals surface area contributed by atoms with E-state index < -0.39 is 0 Å². The monoisotopic (exact) mass is 279 g/mol. The zero-order chi connectivity index (χ0) is 14.1. The summed E-state index contributed by atoms with van der Waals surface area (Å²) < 4.78 is 5.85. The maximum absolute atomic E-state index is 5.85. The molecule has 2 aromatic heterocycles. The van der Waals surface area contributed by atoms with E-state index in [1.165, 1.54) is 5.69 Å². The lowest BCUT2D eigenvalue weighted by Gasteiger charge is -2.29. The van der Waals surface area contributed by atoms with E-state index in [0.29, 0.717) is 0 Å². The molecule has 0 unspecified atom stereocenters. The lowest BCUT2D eigenvalue weighted by Crippen LogP contribution is -2.43. The van der Waals surface area contributed by atoms with Crippen molar-refractivity contribution in [2.45, 2.75) is 0 Å². The number of aromatic nitrogens is 1. The van der Waals surface area contributed by atoms with Crippen LogP contribution in [0.15, 0.2) is 53.1 Å². The highest BCUT2D eigenvalue weighted by atomic mass is 16.3. The molecule has 1 aliphatic heterocycles. The van der Waals surface area contributed by atoms with Crippen LogP contribution in [0, 0.1) is 0 Å². The van der Waals surface area contributed by atoms with Crippen molar-refractivity contribution in [3.05, 3.63) is 48.7 Å². The number of hydrogen-bond acceptors (Lipinski definition) is 4. The summed E-state index contributed by atoms with van der Waals surface area (Å²) in [7, 11) is 0. The van der Waals surface area contributed by atoms with Gasteiger partial charge in [0.05, 0.1) is 0 Å². The molecule has 0 bridgehead atoms. The number of anilines is 1. The topological polar surface area (TPSA) is 41.3 Å². The molecule has 0 radical (unpaired) electrons. The Hall–Kier alpha value is -2.33. The van der Waals surface area contributed by atoms with Crippen molar-refractivity contribution in [2.24, 2.45) is 0 Å². The number of nitrogens with zero attached hydrogens (tertiary/aromatic N) is 2. The van der Waals surface area contributed by atoms with E-state index in [0.717, 1.165) is 48.6 Å². The molecule has 4 nitrogen and oxygen atoms in total. The molecule has 1 fully saturated rings. The molecule has 4 rings (SSSR count). The molecule has 1 saturated heterocycles. The second-order valence-corrected chi connectivity index (χ2v) is 5.28. The van der Waals surface area contributed by atoms with Crippen molar-refractivity contribution in [1.29, 1.82) is 0 Å². The highest BCUT2D eigenvalue weighted by Gasteiger charge is 2.11. The van der Waals surface area contributed by atoms with Gasteiger partial charge in [-0.1, -0.05) is 0 Å². The minimum absolute atomic E-state index is 0.832. The van der Waals surface area contributed by atoms with Gasteiger partial charge < -0.3 is 14.6 Å². The van der Waals surface area contributed by atoms with Crippen molar-refractivity contribution in [1.82, 2.24) is 10.3 Å². The van der Waals surface area contributed by atoms with Crippen LogP contribution in [0.3, 0.4) is 0 Å². The van der Waals surface area contributed by atoms with E-state index in [1.807, 2.05) is 18.2 Å². The summed E-state index contributed by atoms with van der Waals surface area (Å²) in [4.78, 5) is 6.71. The molecule has 3 heterocycles. The Balaban J connectivity index is 1.63. The van der Waals surface area contributed by atoms with Crippen molar-refractivity contribution in [3.8, 4) is 11.3 Å². The fourth-order valence-electron chi connectivity index (χ4n) is 2.77. The second kappa shape index (κ2) is 5.22. The van der Waals surface area contributed by atoms with Gasteiger partial charge in [-0.05, 0) is 36.4 Å². The van der Waals surface area contributed by atoms with Gasteiger partial charge in [0.25, 0.3) is 0 Å². The van der Waals surface area contributed by atoms with Gasteiger partial charge in [-0.25, -0.2) is 0 Å². The summed E-state index contributed by atoms with van der Waals surface area (Å²) in [6.45, 7) is 4.23. The smallest absolute Gasteiger partial charge is 0.153 e. The van der Waals surface area contributed by atoms with E-state index in [9.17, 15) is 0 Å². The zero-order valence-corrected chi connectivity index (χ0v) is 11.7. The molecule has 21 heavy (non-hydrogen) atoms. The third-order valence-electron chi connectivity index (χ3n) is 3.92. The standard InChI is InChI=1S/C17H17N3O/c1-2-16-15(19-7-1)12-17(21-16)13-3-5-14(6-4-13)20-10-8-18-9-11-20/h1-7,12,18H,8-11H2. The van der Waals surface area contributed by atoms with Gasteiger partial charge in [-0.3, -0.25) is 4.98 Å². The van der Waals surface area contributed by atoms with Crippen LogP contribution in [0.4, 0.5) is 5.69 Å². The number of piperazine rings is 1. The number of nitrogens with one attached hydrogen (secondary N) is 1. The zero-order valence-electron chi connectivity index (χ0n) is 11.7. The fourth-order valence-corrected chi connectivity index (χ4v) is 2.77. The third kappa shape index (κ3) is 2.38. The predicted molar refractivity (Wildman–Crippen MR) is 84.5 cm³/mol. The summed E-state index contributed by atoms with van der Waals surface area (Å²) in [5.41, 5.74) is 4.10. The quantitative estimate of drug-likeness (QED) is 0.783. The van der Waals surface area contributed by atoms with Gasteiger partial charge in [-0.2, -0.15) is 0 Å². The number of furan rings is 1. The summed E-state index contributed by atoms with van der Waals surface area (Å²) in [5.74, 6) is 0.871. The molecular weight excluding hydrogens is 262 g/mol. The molecule has 0 spiro atoms.